The van der Waals surface area contributed by atoms with Gasteiger partial charge in [0.05, 0.1) is 120 Å². The molecule has 140 heavy (non-hydrogen) atoms. The van der Waals surface area contributed by atoms with E-state index in [1.165, 1.54) is 46.5 Å². The maximum Gasteiger partial charge on any atom is 0.374 e. The van der Waals surface area contributed by atoms with Gasteiger partial charge in [0.15, 0.2) is 59.9 Å². The van der Waals surface area contributed by atoms with E-state index in [9.17, 15) is 64.9 Å². The zero-order valence-corrected chi connectivity index (χ0v) is 87.0. The maximum atomic E-state index is 11.6. The second kappa shape index (κ2) is 47.1. The Morgan fingerprint density at radius 2 is 0.814 bits per heavy atom. The molecule has 30 nitrogen and oxygen atoms in total. The highest BCUT2D eigenvalue weighted by atomic mass is 79.9. The van der Waals surface area contributed by atoms with Crippen LogP contribution in [-0.2, 0) is 70.2 Å². The van der Waals surface area contributed by atoms with Crippen LogP contribution >= 0.6 is 43.2 Å². The van der Waals surface area contributed by atoms with Crippen LogP contribution in [0.15, 0.2) is 252 Å². The molecule has 0 radical (unpaired) electrons. The first kappa shape index (κ1) is 106. The molecule has 0 saturated carbocycles. The predicted molar refractivity (Wildman–Crippen MR) is 544 cm³/mol. The first-order valence-corrected chi connectivity index (χ1v) is 55.8. The van der Waals surface area contributed by atoms with E-state index in [0.29, 0.717) is 95.1 Å². The van der Waals surface area contributed by atoms with Gasteiger partial charge in [0.1, 0.15) is 4.70 Å². The number of thiazole rings is 1. The molecule has 15 rings (SSSR count). The monoisotopic (exact) mass is 2150 g/mol. The Balaban J connectivity index is 0.000000177. The van der Waals surface area contributed by atoms with Crippen molar-refractivity contribution in [1.82, 2.24) is 0 Å². The lowest BCUT2D eigenvalue weighted by Gasteiger charge is -2.22. The molecule has 0 saturated heterocycles. The molecule has 744 valence electrons. The number of anilines is 3. The van der Waals surface area contributed by atoms with E-state index in [1.807, 2.05) is 155 Å². The predicted octanol–water partition coefficient (Wildman–Crippen LogP) is 19.8. The van der Waals surface area contributed by atoms with Crippen LogP contribution in [0.1, 0.15) is 135 Å². The van der Waals surface area contributed by atoms with Crippen LogP contribution in [0.3, 0.4) is 0 Å². The summed E-state index contributed by atoms with van der Waals surface area (Å²) in [6.07, 6.45) is 17.9. The van der Waals surface area contributed by atoms with Crippen LogP contribution in [0.5, 0.6) is 40.2 Å². The summed E-state index contributed by atoms with van der Waals surface area (Å²) in [5, 5.41) is -1.39. The van der Waals surface area contributed by atoms with Gasteiger partial charge in [0.2, 0.25) is 34.3 Å². The lowest BCUT2D eigenvalue weighted by molar-refractivity contribution is -0.678. The highest BCUT2D eigenvalue weighted by Gasteiger charge is 2.35. The molecule has 12 aromatic rings. The van der Waals surface area contributed by atoms with Gasteiger partial charge in [-0.15, -0.1) is 0 Å². The molecule has 6 heterocycles. The molecule has 0 amide bonds. The van der Waals surface area contributed by atoms with Crippen molar-refractivity contribution in [3.8, 4) is 73.6 Å². The van der Waals surface area contributed by atoms with Crippen molar-refractivity contribution in [2.24, 2.45) is 0 Å². The van der Waals surface area contributed by atoms with Gasteiger partial charge < -0.3 is 79.5 Å². The summed E-state index contributed by atoms with van der Waals surface area (Å²) in [6, 6.07) is 59.0. The van der Waals surface area contributed by atoms with Crippen LogP contribution < -0.4 is 61.6 Å². The number of allylic oxidation sites excluding steroid dienone is 6. The number of hydrogen-bond donors (Lipinski definition) is 0. The third-order valence-electron chi connectivity index (χ3n) is 23.9. The first-order chi connectivity index (χ1) is 66.8. The number of nitrogens with zero attached hydrogens (tertiary/aromatic N) is 6. The SMILES string of the molecule is CCC(=Cc1oc2ccccc2[n+]1CCC(C)S(=O)(=O)[O-])C=C1Oc2cc(OC)c(OC)cc2N1CCC(C)S(=O)(=O)[O-].CCC(=Cc1sc2cc(OC)c(OC)cc2[n+]1CCCS(=O)(=O)[O-])C=C1Oc2ccc(-c3ccccc3)cc2N1CCCS(=O)(=O)[O-].CCCCC[n+]1c(C=C(C=C2Oc3ccc(-c4ccc(Br)cc4)cc3N2CCCCS(=O)(=O)[O-])CC)oc2ccc(-c3ccc(Br)cc3)cc21. The van der Waals surface area contributed by atoms with Crippen LogP contribution in [0.25, 0.3) is 84.0 Å². The zero-order chi connectivity index (χ0) is 101. The minimum absolute atomic E-state index is 0.0515. The third-order valence-corrected chi connectivity index (χ3v) is 30.9. The zero-order valence-electron chi connectivity index (χ0n) is 79.0. The minimum atomic E-state index is -4.49. The standard InChI is InChI=1S/C40H40Br2N2O5S.C33H36N2O9S3.C29H36N2O10S2/c1-3-5-6-21-43-35-26-31(29-9-15-33(41)16-10-29)13-19-37(35)48-39(43)24-28(4-2)25-40-44(22-7-8-23-50(45,46)47)36-27-32(14-20-38(36)49-40)30-11-17-34(42)18-12-30;1-4-23(19-33-35(15-9-17-47(39,40)41)27-21-29(42-2)30(43-3)22-31(27)45-33)18-32-34(14-8-16-46(36,37)38)26-20-25(12-13-28(26)44-32)24-10-6-5-7-11-24;1-6-21(15-28-30(13-11-19(2)42(32,33)34)22-9-7-8-10-24(22)40-28)16-29-31(14-12-20(3)43(35,36)37)23-17-26(38-4)27(39-5)18-25(23)41-29/h9-20,24-27H,3-8,21-23H2,1-2H3;5-7,10-13,18-22H,4,8-9,14-17H2,1-3H3,(H-,36,37,38,39,40,41);7-10,15-20H,6,11-14H2,1-5H3,(H-,32,33,34,35,36,37)/p-2. The first-order valence-electron chi connectivity index (χ1n) is 45.7. The van der Waals surface area contributed by atoms with E-state index in [0.717, 1.165) is 146 Å². The second-order valence-electron chi connectivity index (χ2n) is 33.5. The summed E-state index contributed by atoms with van der Waals surface area (Å²) in [4.78, 5) is 5.73. The average molecular weight is 2160 g/mol. The Kier molecular flexibility index (Phi) is 35.7. The number of fused-ring (bicyclic) bond motifs is 6. The van der Waals surface area contributed by atoms with Gasteiger partial charge in [-0.3, -0.25) is 0 Å². The summed E-state index contributed by atoms with van der Waals surface area (Å²) in [7, 11) is -15.9. The van der Waals surface area contributed by atoms with Gasteiger partial charge in [-0.2, -0.15) is 13.7 Å². The number of benzene rings is 9. The van der Waals surface area contributed by atoms with Crippen molar-refractivity contribution in [3.05, 3.63) is 260 Å². The lowest BCUT2D eigenvalue weighted by atomic mass is 10.0. The van der Waals surface area contributed by atoms with Crippen LogP contribution in [0.4, 0.5) is 17.1 Å². The molecule has 0 spiro atoms. The molecular formula is C102H110Br2N6O24S6-2. The lowest BCUT2D eigenvalue weighted by Crippen LogP contribution is -2.37. The van der Waals surface area contributed by atoms with Crippen molar-refractivity contribution < 1.29 is 121 Å². The highest BCUT2D eigenvalue weighted by molar-refractivity contribution is 9.10. The number of hydrogen-bond acceptors (Lipinski definition) is 28. The molecule has 9 aromatic carbocycles. The van der Waals surface area contributed by atoms with Crippen molar-refractivity contribution in [2.45, 2.75) is 149 Å². The van der Waals surface area contributed by atoms with E-state index in [1.54, 1.807) is 42.4 Å². The van der Waals surface area contributed by atoms with Gasteiger partial charge in [-0.05, 0) is 176 Å². The third kappa shape index (κ3) is 27.5. The number of ether oxygens (including phenoxy) is 7. The minimum Gasteiger partial charge on any atom is -0.748 e. The number of unbranched alkanes of at least 4 members (excludes halogenated alkanes) is 3. The Labute approximate surface area is 838 Å². The van der Waals surface area contributed by atoms with Gasteiger partial charge in [-0.25, -0.2) is 42.1 Å². The molecule has 38 heteroatoms. The number of oxazole rings is 2. The fourth-order valence-corrected chi connectivity index (χ4v) is 20.2. The fourth-order valence-electron chi connectivity index (χ4n) is 16.2. The number of para-hydroxylation sites is 2. The van der Waals surface area contributed by atoms with Gasteiger partial charge >= 0.3 is 11.8 Å². The Bertz CT molecular complexity index is 7310. The van der Waals surface area contributed by atoms with Crippen LogP contribution in [-0.4, -0.2) is 141 Å². The molecule has 0 N–H and O–H groups in total. The van der Waals surface area contributed by atoms with E-state index >= 15 is 0 Å². The van der Waals surface area contributed by atoms with Crippen LogP contribution in [0, 0.1) is 0 Å². The smallest absolute Gasteiger partial charge is 0.374 e. The number of methoxy groups -OCH3 is 4. The summed E-state index contributed by atoms with van der Waals surface area (Å²) in [5.41, 5.74) is 15.3. The Hall–Kier alpha value is -11.2. The fraction of sp³-hybridized carbons (Fsp3) is 0.324. The van der Waals surface area contributed by atoms with Gasteiger partial charge in [0.25, 0.3) is 16.0 Å². The summed E-state index contributed by atoms with van der Waals surface area (Å²) in [6.45, 7) is 13.2. The molecule has 3 aliphatic rings. The van der Waals surface area contributed by atoms with Crippen molar-refractivity contribution in [3.63, 3.8) is 0 Å². The van der Waals surface area contributed by atoms with Crippen molar-refractivity contribution >= 4 is 161 Å². The van der Waals surface area contributed by atoms with Gasteiger partial charge in [-0.1, -0.05) is 162 Å². The normalized spacial score (nSPS) is 14.9. The Morgan fingerprint density at radius 3 is 1.34 bits per heavy atom. The molecule has 2 unspecified atom stereocenters. The summed E-state index contributed by atoms with van der Waals surface area (Å²) in [5.74, 6) is 5.10. The maximum absolute atomic E-state index is 11.6. The molecule has 2 atom stereocenters. The largest absolute Gasteiger partial charge is 0.748 e. The van der Waals surface area contributed by atoms with Crippen LogP contribution in [0.2, 0.25) is 0 Å². The number of halogens is 2. The second-order valence-corrected chi connectivity index (χ2v) is 44.6. The van der Waals surface area contributed by atoms with E-state index in [4.69, 9.17) is 42.0 Å². The highest BCUT2D eigenvalue weighted by Crippen LogP contribution is 2.49. The Morgan fingerprint density at radius 1 is 0.393 bits per heavy atom. The van der Waals surface area contributed by atoms with Crippen molar-refractivity contribution in [2.75, 3.05) is 80.0 Å². The van der Waals surface area contributed by atoms with Crippen molar-refractivity contribution in [1.29, 1.82) is 0 Å². The number of rotatable bonds is 41. The summed E-state index contributed by atoms with van der Waals surface area (Å²) >= 11 is 8.53. The molecule has 3 aliphatic heterocycles. The quantitative estimate of drug-likeness (QED) is 0.0195. The number of aryl methyl sites for hydroxylation is 3. The molecule has 0 aliphatic carbocycles. The summed E-state index contributed by atoms with van der Waals surface area (Å²) < 4.78 is 234. The van der Waals surface area contributed by atoms with E-state index in [-0.39, 0.29) is 64.0 Å². The average Bonchev–Trinajstić information content (AvgIpc) is 1.61. The van der Waals surface area contributed by atoms with E-state index in [2.05, 4.69) is 116 Å². The van der Waals surface area contributed by atoms with E-state index < -0.39 is 72.6 Å². The topological polar surface area (TPSA) is 398 Å². The van der Waals surface area contributed by atoms with Gasteiger partial charge in [0, 0.05) is 125 Å². The molecule has 3 aromatic heterocycles. The molecule has 0 fully saturated rings. The molecular weight excluding hydrogens is 2050 g/mol. The number of aromatic nitrogens is 3. The molecule has 0 bridgehead atoms.